The van der Waals surface area contributed by atoms with E-state index in [2.05, 4.69) is 5.32 Å². The molecule has 2 rings (SSSR count). The Kier molecular flexibility index (Phi) is 6.55. The van der Waals surface area contributed by atoms with Crippen molar-refractivity contribution < 1.29 is 9.59 Å². The second-order valence-corrected chi connectivity index (χ2v) is 5.74. The van der Waals surface area contributed by atoms with Crippen LogP contribution < -0.4 is 5.32 Å². The summed E-state index contributed by atoms with van der Waals surface area (Å²) in [5.41, 5.74) is 3.06. The van der Waals surface area contributed by atoms with E-state index in [1.807, 2.05) is 61.5 Å². The molecule has 4 nitrogen and oxygen atoms in total. The van der Waals surface area contributed by atoms with Crippen LogP contribution in [0.2, 0.25) is 0 Å². The van der Waals surface area contributed by atoms with Crippen LogP contribution in [0.25, 0.3) is 0 Å². The summed E-state index contributed by atoms with van der Waals surface area (Å²) in [5.74, 6) is -0.260. The van der Waals surface area contributed by atoms with Crippen LogP contribution in [0.15, 0.2) is 54.6 Å². The highest BCUT2D eigenvalue weighted by Crippen LogP contribution is 2.15. The van der Waals surface area contributed by atoms with Crippen molar-refractivity contribution in [2.45, 2.75) is 26.7 Å². The largest absolute Gasteiger partial charge is 0.333 e. The summed E-state index contributed by atoms with van der Waals surface area (Å²) in [4.78, 5) is 25.7. The van der Waals surface area contributed by atoms with Crippen LogP contribution in [0, 0.1) is 0 Å². The van der Waals surface area contributed by atoms with Gasteiger partial charge in [-0.1, -0.05) is 55.5 Å². The van der Waals surface area contributed by atoms with Gasteiger partial charge in [0.25, 0.3) is 0 Å². The molecule has 0 aliphatic carbocycles. The molecule has 0 aliphatic rings. The van der Waals surface area contributed by atoms with Gasteiger partial charge in [-0.15, -0.1) is 0 Å². The lowest BCUT2D eigenvalue weighted by molar-refractivity contribution is -0.132. The van der Waals surface area contributed by atoms with Crippen molar-refractivity contribution in [2.24, 2.45) is 0 Å². The van der Waals surface area contributed by atoms with Crippen LogP contribution in [-0.4, -0.2) is 29.8 Å². The predicted octanol–water partition coefficient (Wildman–Crippen LogP) is 3.28. The number of anilines is 1. The van der Waals surface area contributed by atoms with Gasteiger partial charge in [0, 0.05) is 19.2 Å². The van der Waals surface area contributed by atoms with Gasteiger partial charge in [0.1, 0.15) is 0 Å². The molecule has 0 bridgehead atoms. The van der Waals surface area contributed by atoms with E-state index in [1.165, 1.54) is 6.92 Å². The number of para-hydroxylation sites is 1. The van der Waals surface area contributed by atoms with Crippen LogP contribution in [0.5, 0.6) is 0 Å². The number of benzene rings is 2. The number of carbonyl (C=O) groups excluding carboxylic acids is 2. The zero-order valence-corrected chi connectivity index (χ0v) is 14.3. The lowest BCUT2D eigenvalue weighted by Gasteiger charge is -2.21. The third-order valence-corrected chi connectivity index (χ3v) is 3.97. The molecule has 24 heavy (non-hydrogen) atoms. The van der Waals surface area contributed by atoms with Gasteiger partial charge in [-0.2, -0.15) is 0 Å². The fourth-order valence-corrected chi connectivity index (χ4v) is 2.57. The first kappa shape index (κ1) is 17.7. The minimum Gasteiger partial charge on any atom is -0.333 e. The number of aryl methyl sites for hydroxylation is 1. The molecule has 126 valence electrons. The van der Waals surface area contributed by atoms with Crippen molar-refractivity contribution >= 4 is 17.5 Å². The second-order valence-electron chi connectivity index (χ2n) is 5.74. The van der Waals surface area contributed by atoms with Gasteiger partial charge in [-0.05, 0) is 30.0 Å². The van der Waals surface area contributed by atoms with Crippen molar-refractivity contribution in [2.75, 3.05) is 18.4 Å². The maximum atomic E-state index is 12.3. The summed E-state index contributed by atoms with van der Waals surface area (Å²) in [6.07, 6.45) is 1.58. The molecule has 0 atom stereocenters. The molecule has 0 fully saturated rings. The van der Waals surface area contributed by atoms with Crippen LogP contribution in [0.1, 0.15) is 25.0 Å². The quantitative estimate of drug-likeness (QED) is 0.850. The summed E-state index contributed by atoms with van der Waals surface area (Å²) in [6, 6.07) is 17.7. The van der Waals surface area contributed by atoms with Gasteiger partial charge in [0.15, 0.2) is 0 Å². The fourth-order valence-electron chi connectivity index (χ4n) is 2.57. The first-order chi connectivity index (χ1) is 11.6. The molecule has 0 aliphatic heterocycles. The molecule has 0 saturated carbocycles. The van der Waals surface area contributed by atoms with Gasteiger partial charge < -0.3 is 10.2 Å². The number of nitrogens with zero attached hydrogens (tertiary/aromatic N) is 1. The van der Waals surface area contributed by atoms with Crippen molar-refractivity contribution in [3.05, 3.63) is 65.7 Å². The van der Waals surface area contributed by atoms with E-state index >= 15 is 0 Å². The van der Waals surface area contributed by atoms with Crippen molar-refractivity contribution in [1.82, 2.24) is 4.90 Å². The van der Waals surface area contributed by atoms with Gasteiger partial charge in [-0.3, -0.25) is 9.59 Å². The SMILES string of the molecule is CCc1ccccc1NC(=O)CN(CCc1ccccc1)C(C)=O. The lowest BCUT2D eigenvalue weighted by atomic mass is 10.1. The van der Waals surface area contributed by atoms with Crippen LogP contribution in [0.3, 0.4) is 0 Å². The molecule has 0 radical (unpaired) electrons. The third-order valence-electron chi connectivity index (χ3n) is 3.97. The van der Waals surface area contributed by atoms with Crippen molar-refractivity contribution in [1.29, 1.82) is 0 Å². The topological polar surface area (TPSA) is 49.4 Å². The highest BCUT2D eigenvalue weighted by Gasteiger charge is 2.14. The Labute approximate surface area is 143 Å². The van der Waals surface area contributed by atoms with Crippen molar-refractivity contribution in [3.63, 3.8) is 0 Å². The number of amides is 2. The molecule has 1 N–H and O–H groups in total. The molecule has 0 aromatic heterocycles. The molecular weight excluding hydrogens is 300 g/mol. The van der Waals surface area contributed by atoms with E-state index in [1.54, 1.807) is 4.90 Å². The Hall–Kier alpha value is -2.62. The van der Waals surface area contributed by atoms with E-state index in [0.717, 1.165) is 29.7 Å². The van der Waals surface area contributed by atoms with Crippen LogP contribution in [-0.2, 0) is 22.4 Å². The minimum atomic E-state index is -0.167. The molecule has 4 heteroatoms. The zero-order chi connectivity index (χ0) is 17.4. The molecule has 2 aromatic rings. The Balaban J connectivity index is 1.94. The van der Waals surface area contributed by atoms with E-state index in [9.17, 15) is 9.59 Å². The van der Waals surface area contributed by atoms with Crippen LogP contribution >= 0.6 is 0 Å². The summed E-state index contributed by atoms with van der Waals surface area (Å²) in [7, 11) is 0. The number of carbonyl (C=O) groups is 2. The standard InChI is InChI=1S/C20H24N2O2/c1-3-18-11-7-8-12-19(18)21-20(24)15-22(16(2)23)14-13-17-9-5-4-6-10-17/h4-12H,3,13-15H2,1-2H3,(H,21,24). The van der Waals surface area contributed by atoms with Gasteiger partial charge in [-0.25, -0.2) is 0 Å². The summed E-state index contributed by atoms with van der Waals surface area (Å²) < 4.78 is 0. The molecule has 0 unspecified atom stereocenters. The molecular formula is C20H24N2O2. The summed E-state index contributed by atoms with van der Waals surface area (Å²) >= 11 is 0. The first-order valence-corrected chi connectivity index (χ1v) is 8.27. The Morgan fingerprint density at radius 2 is 1.67 bits per heavy atom. The van der Waals surface area contributed by atoms with E-state index < -0.39 is 0 Å². The monoisotopic (exact) mass is 324 g/mol. The minimum absolute atomic E-state index is 0.0697. The maximum absolute atomic E-state index is 12.3. The Bertz CT molecular complexity index is 683. The molecule has 0 spiro atoms. The highest BCUT2D eigenvalue weighted by atomic mass is 16.2. The van der Waals surface area contributed by atoms with Crippen LogP contribution in [0.4, 0.5) is 5.69 Å². The van der Waals surface area contributed by atoms with E-state index in [4.69, 9.17) is 0 Å². The number of rotatable bonds is 7. The Morgan fingerprint density at radius 1 is 1.00 bits per heavy atom. The van der Waals surface area contributed by atoms with Gasteiger partial charge in [0.2, 0.25) is 11.8 Å². The number of hydrogen-bond acceptors (Lipinski definition) is 2. The summed E-state index contributed by atoms with van der Waals surface area (Å²) in [6.45, 7) is 4.15. The summed E-state index contributed by atoms with van der Waals surface area (Å²) in [5, 5.41) is 2.91. The Morgan fingerprint density at radius 3 is 2.33 bits per heavy atom. The third kappa shape index (κ3) is 5.23. The van der Waals surface area contributed by atoms with Crippen molar-refractivity contribution in [3.8, 4) is 0 Å². The first-order valence-electron chi connectivity index (χ1n) is 8.27. The maximum Gasteiger partial charge on any atom is 0.244 e. The number of hydrogen-bond donors (Lipinski definition) is 1. The zero-order valence-electron chi connectivity index (χ0n) is 14.3. The smallest absolute Gasteiger partial charge is 0.244 e. The molecule has 2 aromatic carbocycles. The van der Waals surface area contributed by atoms with Gasteiger partial charge in [0.05, 0.1) is 6.54 Å². The average Bonchev–Trinajstić information content (AvgIpc) is 2.59. The van der Waals surface area contributed by atoms with Gasteiger partial charge >= 0.3 is 0 Å². The highest BCUT2D eigenvalue weighted by molar-refractivity contribution is 5.94. The molecule has 0 saturated heterocycles. The molecule has 0 heterocycles. The number of nitrogens with one attached hydrogen (secondary N) is 1. The molecule has 2 amide bonds. The fraction of sp³-hybridized carbons (Fsp3) is 0.300. The van der Waals surface area contributed by atoms with E-state index in [0.29, 0.717) is 6.54 Å². The second kappa shape index (κ2) is 8.87. The average molecular weight is 324 g/mol. The normalized spacial score (nSPS) is 10.2. The van der Waals surface area contributed by atoms with E-state index in [-0.39, 0.29) is 18.4 Å². The predicted molar refractivity (Wildman–Crippen MR) is 96.8 cm³/mol. The lowest BCUT2D eigenvalue weighted by Crippen LogP contribution is -2.38.